The summed E-state index contributed by atoms with van der Waals surface area (Å²) in [5, 5.41) is 0. The topological polar surface area (TPSA) is 70.5 Å². The maximum absolute atomic E-state index is 6.36. The molecule has 0 atom stereocenters. The van der Waals surface area contributed by atoms with E-state index < -0.39 is 0 Å². The first-order valence-electron chi connectivity index (χ1n) is 15.0. The molecule has 4 heteroatoms. The lowest BCUT2D eigenvalue weighted by molar-refractivity contribution is 0.253. The Labute approximate surface area is 245 Å². The SMILES string of the molecule is CCCC1CCC(c2cc(C)c(Oc3cccc(N)c3)c(C)c2)(c2cc(C)c(Oc3cccc(N)c3)c(C)c2)CC1. The van der Waals surface area contributed by atoms with Crippen LogP contribution in [0.25, 0.3) is 0 Å². The zero-order valence-corrected chi connectivity index (χ0v) is 25.2. The Hall–Kier alpha value is -3.92. The lowest BCUT2D eigenvalue weighted by Gasteiger charge is -2.42. The fourth-order valence-corrected chi connectivity index (χ4v) is 6.78. The van der Waals surface area contributed by atoms with Crippen LogP contribution >= 0.6 is 0 Å². The largest absolute Gasteiger partial charge is 0.457 e. The molecule has 0 spiro atoms. The fourth-order valence-electron chi connectivity index (χ4n) is 6.78. The molecule has 0 heterocycles. The van der Waals surface area contributed by atoms with Crippen LogP contribution in [0.1, 0.15) is 78.8 Å². The molecule has 5 rings (SSSR count). The smallest absolute Gasteiger partial charge is 0.133 e. The van der Waals surface area contributed by atoms with E-state index in [9.17, 15) is 0 Å². The Kier molecular flexibility index (Phi) is 8.30. The van der Waals surface area contributed by atoms with Crippen LogP contribution in [0.3, 0.4) is 0 Å². The predicted molar refractivity (Wildman–Crippen MR) is 171 cm³/mol. The number of nitrogens with two attached hydrogens (primary N) is 2. The number of aryl methyl sites for hydroxylation is 4. The number of hydrogen-bond donors (Lipinski definition) is 2. The summed E-state index contributed by atoms with van der Waals surface area (Å²) in [6, 6.07) is 24.7. The maximum Gasteiger partial charge on any atom is 0.133 e. The molecule has 4 N–H and O–H groups in total. The van der Waals surface area contributed by atoms with Gasteiger partial charge in [0.2, 0.25) is 0 Å². The Morgan fingerprint density at radius 2 is 1.07 bits per heavy atom. The average Bonchev–Trinajstić information content (AvgIpc) is 2.93. The van der Waals surface area contributed by atoms with Crippen LogP contribution in [-0.4, -0.2) is 0 Å². The van der Waals surface area contributed by atoms with Gasteiger partial charge in [-0.15, -0.1) is 0 Å². The van der Waals surface area contributed by atoms with Gasteiger partial charge in [0.25, 0.3) is 0 Å². The Balaban J connectivity index is 1.55. The number of nitrogen functional groups attached to an aromatic ring is 2. The lowest BCUT2D eigenvalue weighted by Crippen LogP contribution is -2.33. The van der Waals surface area contributed by atoms with Crippen LogP contribution in [0, 0.1) is 33.6 Å². The predicted octanol–water partition coefficient (Wildman–Crippen LogP) is 9.95. The third-order valence-electron chi connectivity index (χ3n) is 8.84. The fraction of sp³-hybridized carbons (Fsp3) is 0.351. The van der Waals surface area contributed by atoms with Gasteiger partial charge in [0.15, 0.2) is 0 Å². The molecule has 0 unspecified atom stereocenters. The van der Waals surface area contributed by atoms with E-state index >= 15 is 0 Å². The second kappa shape index (κ2) is 11.9. The molecule has 4 nitrogen and oxygen atoms in total. The normalized spacial score (nSPS) is 15.0. The van der Waals surface area contributed by atoms with E-state index in [-0.39, 0.29) is 5.41 Å². The summed E-state index contributed by atoms with van der Waals surface area (Å²) in [6.45, 7) is 10.9. The highest BCUT2D eigenvalue weighted by atomic mass is 16.5. The van der Waals surface area contributed by atoms with Crippen LogP contribution < -0.4 is 20.9 Å². The lowest BCUT2D eigenvalue weighted by atomic mass is 9.62. The van der Waals surface area contributed by atoms with Crippen molar-refractivity contribution in [2.24, 2.45) is 5.92 Å². The van der Waals surface area contributed by atoms with E-state index in [0.29, 0.717) is 11.4 Å². The number of benzene rings is 4. The highest BCUT2D eigenvalue weighted by Crippen LogP contribution is 2.50. The summed E-state index contributed by atoms with van der Waals surface area (Å²) in [6.07, 6.45) is 7.33. The summed E-state index contributed by atoms with van der Waals surface area (Å²) < 4.78 is 12.7. The van der Waals surface area contributed by atoms with Crippen LogP contribution in [0.15, 0.2) is 72.8 Å². The van der Waals surface area contributed by atoms with Crippen LogP contribution in [0.5, 0.6) is 23.0 Å². The zero-order valence-electron chi connectivity index (χ0n) is 25.2. The number of rotatable bonds is 8. The molecular weight excluding hydrogens is 504 g/mol. The first kappa shape index (κ1) is 28.6. The average molecular weight is 549 g/mol. The van der Waals surface area contributed by atoms with Gasteiger partial charge in [0.05, 0.1) is 0 Å². The molecular formula is C37H44N2O2. The van der Waals surface area contributed by atoms with Crippen molar-refractivity contribution in [3.63, 3.8) is 0 Å². The third kappa shape index (κ3) is 6.07. The summed E-state index contributed by atoms with van der Waals surface area (Å²) in [5.41, 5.74) is 20.7. The Morgan fingerprint density at radius 3 is 1.44 bits per heavy atom. The minimum atomic E-state index is -0.0549. The van der Waals surface area contributed by atoms with Crippen LogP contribution in [0.4, 0.5) is 11.4 Å². The summed E-state index contributed by atoms with van der Waals surface area (Å²) in [4.78, 5) is 0. The van der Waals surface area contributed by atoms with Crippen molar-refractivity contribution >= 4 is 11.4 Å². The molecule has 0 bridgehead atoms. The number of anilines is 2. The second-order valence-corrected chi connectivity index (χ2v) is 12.0. The molecule has 1 saturated carbocycles. The van der Waals surface area contributed by atoms with Crippen molar-refractivity contribution < 1.29 is 9.47 Å². The molecule has 0 amide bonds. The second-order valence-electron chi connectivity index (χ2n) is 12.0. The summed E-state index contributed by atoms with van der Waals surface area (Å²) in [7, 11) is 0. The molecule has 4 aromatic carbocycles. The molecule has 0 aliphatic heterocycles. The first-order chi connectivity index (χ1) is 19.7. The molecule has 4 aromatic rings. The molecule has 0 radical (unpaired) electrons. The highest BCUT2D eigenvalue weighted by Gasteiger charge is 2.39. The highest BCUT2D eigenvalue weighted by molar-refractivity contribution is 5.55. The van der Waals surface area contributed by atoms with E-state index in [1.165, 1.54) is 36.8 Å². The molecule has 1 aliphatic carbocycles. The molecule has 0 saturated heterocycles. The monoisotopic (exact) mass is 548 g/mol. The summed E-state index contributed by atoms with van der Waals surface area (Å²) in [5.74, 6) is 4.15. The van der Waals surface area contributed by atoms with Gasteiger partial charge >= 0.3 is 0 Å². The van der Waals surface area contributed by atoms with E-state index in [0.717, 1.165) is 64.0 Å². The zero-order chi connectivity index (χ0) is 29.1. The maximum atomic E-state index is 6.36. The molecule has 41 heavy (non-hydrogen) atoms. The van der Waals surface area contributed by atoms with E-state index in [4.69, 9.17) is 20.9 Å². The molecule has 1 fully saturated rings. The minimum absolute atomic E-state index is 0.0549. The molecule has 1 aliphatic rings. The van der Waals surface area contributed by atoms with E-state index in [2.05, 4.69) is 58.9 Å². The van der Waals surface area contributed by atoms with Crippen LogP contribution in [0.2, 0.25) is 0 Å². The molecule has 214 valence electrons. The van der Waals surface area contributed by atoms with Crippen molar-refractivity contribution in [1.29, 1.82) is 0 Å². The number of hydrogen-bond acceptors (Lipinski definition) is 4. The van der Waals surface area contributed by atoms with Gasteiger partial charge in [-0.1, -0.05) is 56.2 Å². The van der Waals surface area contributed by atoms with Gasteiger partial charge in [-0.05, 0) is 117 Å². The van der Waals surface area contributed by atoms with Gasteiger partial charge < -0.3 is 20.9 Å². The van der Waals surface area contributed by atoms with Gasteiger partial charge in [-0.25, -0.2) is 0 Å². The van der Waals surface area contributed by atoms with Gasteiger partial charge in [-0.3, -0.25) is 0 Å². The minimum Gasteiger partial charge on any atom is -0.457 e. The van der Waals surface area contributed by atoms with Gasteiger partial charge in [0.1, 0.15) is 23.0 Å². The van der Waals surface area contributed by atoms with Crippen molar-refractivity contribution in [2.45, 2.75) is 78.6 Å². The standard InChI is InChI=1S/C37H44N2O2/c1-6-9-28-14-16-37(17-15-28,29-18-24(2)35(25(3)19-29)40-33-12-7-10-31(38)22-33)30-20-26(4)36(27(5)21-30)41-34-13-8-11-32(39)23-34/h7-8,10-13,18-23,28H,6,9,14-17,38-39H2,1-5H3. The van der Waals surface area contributed by atoms with Gasteiger partial charge in [0, 0.05) is 28.9 Å². The van der Waals surface area contributed by atoms with Crippen molar-refractivity contribution in [3.8, 4) is 23.0 Å². The summed E-state index contributed by atoms with van der Waals surface area (Å²) >= 11 is 0. The van der Waals surface area contributed by atoms with E-state index in [1.54, 1.807) is 0 Å². The Bertz CT molecular complexity index is 1380. The molecule has 0 aromatic heterocycles. The quantitative estimate of drug-likeness (QED) is 0.215. The van der Waals surface area contributed by atoms with Crippen molar-refractivity contribution in [3.05, 3.63) is 106 Å². The number of ether oxygens (including phenoxy) is 2. The Morgan fingerprint density at radius 1 is 0.659 bits per heavy atom. The van der Waals surface area contributed by atoms with E-state index in [1.807, 2.05) is 48.5 Å². The third-order valence-corrected chi connectivity index (χ3v) is 8.84. The van der Waals surface area contributed by atoms with Crippen molar-refractivity contribution in [2.75, 3.05) is 11.5 Å². The van der Waals surface area contributed by atoms with Gasteiger partial charge in [-0.2, -0.15) is 0 Å². The van der Waals surface area contributed by atoms with Crippen molar-refractivity contribution in [1.82, 2.24) is 0 Å². The van der Waals surface area contributed by atoms with Crippen LogP contribution in [-0.2, 0) is 5.41 Å². The first-order valence-corrected chi connectivity index (χ1v) is 15.0.